The molecule has 0 aliphatic carbocycles. The SMILES string of the molecule is CC(C)(C)CCCCCC=CC=CC=O. The molecule has 0 atom stereocenters. The van der Waals surface area contributed by atoms with Crippen molar-refractivity contribution in [2.45, 2.75) is 52.9 Å². The highest BCUT2D eigenvalue weighted by Gasteiger charge is 2.08. The summed E-state index contributed by atoms with van der Waals surface area (Å²) in [4.78, 5) is 9.95. The number of aldehydes is 1. The summed E-state index contributed by atoms with van der Waals surface area (Å²) in [6, 6.07) is 0. The van der Waals surface area contributed by atoms with Gasteiger partial charge in [-0.05, 0) is 30.8 Å². The van der Waals surface area contributed by atoms with Crippen LogP contribution in [0.2, 0.25) is 0 Å². The Kier molecular flexibility index (Phi) is 7.98. The van der Waals surface area contributed by atoms with Crippen LogP contribution in [-0.4, -0.2) is 6.29 Å². The molecule has 0 aliphatic heterocycles. The number of unbranched alkanes of at least 4 members (excludes halogenated alkanes) is 3. The van der Waals surface area contributed by atoms with Gasteiger partial charge in [0.15, 0.2) is 0 Å². The van der Waals surface area contributed by atoms with E-state index >= 15 is 0 Å². The summed E-state index contributed by atoms with van der Waals surface area (Å²) in [5.41, 5.74) is 0.475. The normalized spacial score (nSPS) is 12.7. The van der Waals surface area contributed by atoms with Crippen LogP contribution in [0.5, 0.6) is 0 Å². The van der Waals surface area contributed by atoms with Crippen LogP contribution in [0.25, 0.3) is 0 Å². The quantitative estimate of drug-likeness (QED) is 0.264. The molecule has 0 fully saturated rings. The Bertz CT molecular complexity index is 206. The molecule has 0 saturated heterocycles. The van der Waals surface area contributed by atoms with Gasteiger partial charge in [-0.25, -0.2) is 0 Å². The number of carbonyl (C=O) groups is 1. The van der Waals surface area contributed by atoms with Crippen molar-refractivity contribution in [3.05, 3.63) is 24.3 Å². The molecule has 0 spiro atoms. The van der Waals surface area contributed by atoms with Crippen molar-refractivity contribution in [1.82, 2.24) is 0 Å². The second kappa shape index (κ2) is 8.46. The van der Waals surface area contributed by atoms with Crippen molar-refractivity contribution in [1.29, 1.82) is 0 Å². The van der Waals surface area contributed by atoms with Crippen LogP contribution in [0.3, 0.4) is 0 Å². The fourth-order valence-electron chi connectivity index (χ4n) is 1.38. The first-order chi connectivity index (χ1) is 7.06. The predicted molar refractivity (Wildman–Crippen MR) is 66.9 cm³/mol. The zero-order valence-corrected chi connectivity index (χ0v) is 10.3. The molecule has 0 unspecified atom stereocenters. The monoisotopic (exact) mass is 208 g/mol. The largest absolute Gasteiger partial charge is 0.299 e. The average Bonchev–Trinajstić information content (AvgIpc) is 2.14. The zero-order chi connectivity index (χ0) is 11.6. The lowest BCUT2D eigenvalue weighted by atomic mass is 9.89. The molecular weight excluding hydrogens is 184 g/mol. The smallest absolute Gasteiger partial charge is 0.142 e. The van der Waals surface area contributed by atoms with E-state index in [-0.39, 0.29) is 0 Å². The topological polar surface area (TPSA) is 17.1 Å². The molecule has 0 heterocycles. The maximum absolute atomic E-state index is 9.95. The molecule has 0 aromatic heterocycles. The number of hydrogen-bond acceptors (Lipinski definition) is 1. The van der Waals surface area contributed by atoms with Gasteiger partial charge in [0, 0.05) is 0 Å². The standard InChI is InChI=1S/C14H24O/c1-14(2,3)12-10-8-6-4-5-7-9-11-13-15/h5,7,9,11,13H,4,6,8,10,12H2,1-3H3. The number of allylic oxidation sites excluding steroid dienone is 4. The van der Waals surface area contributed by atoms with Gasteiger partial charge < -0.3 is 0 Å². The van der Waals surface area contributed by atoms with Gasteiger partial charge in [0.05, 0.1) is 0 Å². The third kappa shape index (κ3) is 13.2. The first-order valence-electron chi connectivity index (χ1n) is 5.83. The van der Waals surface area contributed by atoms with E-state index in [1.165, 1.54) is 31.8 Å². The molecule has 0 rings (SSSR count). The maximum atomic E-state index is 9.95. The summed E-state index contributed by atoms with van der Waals surface area (Å²) < 4.78 is 0. The van der Waals surface area contributed by atoms with Crippen LogP contribution in [0.1, 0.15) is 52.9 Å². The fraction of sp³-hybridized carbons (Fsp3) is 0.643. The van der Waals surface area contributed by atoms with Crippen LogP contribution in [0, 0.1) is 5.41 Å². The second-order valence-electron chi connectivity index (χ2n) is 5.11. The first kappa shape index (κ1) is 14.2. The van der Waals surface area contributed by atoms with Crippen molar-refractivity contribution in [2.75, 3.05) is 0 Å². The molecule has 0 aromatic rings. The number of hydrogen-bond donors (Lipinski definition) is 0. The van der Waals surface area contributed by atoms with Crippen LogP contribution in [0.15, 0.2) is 24.3 Å². The summed E-state index contributed by atoms with van der Waals surface area (Å²) >= 11 is 0. The zero-order valence-electron chi connectivity index (χ0n) is 10.3. The van der Waals surface area contributed by atoms with E-state index in [9.17, 15) is 4.79 Å². The van der Waals surface area contributed by atoms with Crippen molar-refractivity contribution in [3.8, 4) is 0 Å². The van der Waals surface area contributed by atoms with Gasteiger partial charge in [0.25, 0.3) is 0 Å². The lowest BCUT2D eigenvalue weighted by molar-refractivity contribution is -0.104. The second-order valence-corrected chi connectivity index (χ2v) is 5.11. The highest BCUT2D eigenvalue weighted by molar-refractivity contribution is 5.65. The molecule has 1 nitrogen and oxygen atoms in total. The molecule has 1 heteroatoms. The Morgan fingerprint density at radius 1 is 0.933 bits per heavy atom. The first-order valence-corrected chi connectivity index (χ1v) is 5.83. The van der Waals surface area contributed by atoms with Gasteiger partial charge in [0.2, 0.25) is 0 Å². The summed E-state index contributed by atoms with van der Waals surface area (Å²) in [6.07, 6.45) is 14.5. The summed E-state index contributed by atoms with van der Waals surface area (Å²) in [5, 5.41) is 0. The molecule has 0 saturated carbocycles. The van der Waals surface area contributed by atoms with E-state index in [0.29, 0.717) is 5.41 Å². The molecule has 0 aliphatic rings. The minimum absolute atomic E-state index is 0.475. The van der Waals surface area contributed by atoms with E-state index in [4.69, 9.17) is 0 Å². The van der Waals surface area contributed by atoms with E-state index < -0.39 is 0 Å². The predicted octanol–water partition coefficient (Wildman–Crippen LogP) is 4.29. The van der Waals surface area contributed by atoms with Crippen LogP contribution < -0.4 is 0 Å². The summed E-state index contributed by atoms with van der Waals surface area (Å²) in [7, 11) is 0. The Hall–Kier alpha value is -0.850. The van der Waals surface area contributed by atoms with E-state index in [1.807, 2.05) is 6.08 Å². The van der Waals surface area contributed by atoms with Crippen LogP contribution >= 0.6 is 0 Å². The Morgan fingerprint density at radius 2 is 1.67 bits per heavy atom. The molecule has 0 bridgehead atoms. The minimum atomic E-state index is 0.475. The Balaban J connectivity index is 3.29. The Labute approximate surface area is 94.3 Å². The highest BCUT2D eigenvalue weighted by Crippen LogP contribution is 2.22. The third-order valence-electron chi connectivity index (χ3n) is 2.23. The maximum Gasteiger partial charge on any atom is 0.142 e. The van der Waals surface area contributed by atoms with Gasteiger partial charge >= 0.3 is 0 Å². The third-order valence-corrected chi connectivity index (χ3v) is 2.23. The van der Waals surface area contributed by atoms with Gasteiger partial charge in [-0.2, -0.15) is 0 Å². The molecule has 0 aromatic carbocycles. The highest BCUT2D eigenvalue weighted by atomic mass is 16.1. The van der Waals surface area contributed by atoms with Crippen molar-refractivity contribution in [2.24, 2.45) is 5.41 Å². The molecule has 0 amide bonds. The van der Waals surface area contributed by atoms with Gasteiger partial charge in [-0.15, -0.1) is 0 Å². The summed E-state index contributed by atoms with van der Waals surface area (Å²) in [6.45, 7) is 6.87. The van der Waals surface area contributed by atoms with Crippen molar-refractivity contribution < 1.29 is 4.79 Å². The average molecular weight is 208 g/mol. The van der Waals surface area contributed by atoms with Crippen LogP contribution in [0.4, 0.5) is 0 Å². The summed E-state index contributed by atoms with van der Waals surface area (Å²) in [5.74, 6) is 0. The lowest BCUT2D eigenvalue weighted by Crippen LogP contribution is -2.03. The van der Waals surface area contributed by atoms with Crippen molar-refractivity contribution in [3.63, 3.8) is 0 Å². The molecule has 86 valence electrons. The number of rotatable bonds is 7. The van der Waals surface area contributed by atoms with E-state index in [2.05, 4.69) is 26.8 Å². The fourth-order valence-corrected chi connectivity index (χ4v) is 1.38. The molecule has 0 N–H and O–H groups in total. The van der Waals surface area contributed by atoms with Gasteiger partial charge in [-0.3, -0.25) is 4.79 Å². The Morgan fingerprint density at radius 3 is 2.27 bits per heavy atom. The minimum Gasteiger partial charge on any atom is -0.299 e. The van der Waals surface area contributed by atoms with E-state index in [0.717, 1.165) is 12.7 Å². The molecule has 15 heavy (non-hydrogen) atoms. The lowest BCUT2D eigenvalue weighted by Gasteiger charge is -2.17. The van der Waals surface area contributed by atoms with Gasteiger partial charge in [0.1, 0.15) is 6.29 Å². The van der Waals surface area contributed by atoms with Crippen LogP contribution in [-0.2, 0) is 4.79 Å². The van der Waals surface area contributed by atoms with Gasteiger partial charge in [-0.1, -0.05) is 51.8 Å². The molecular formula is C14H24O. The molecule has 0 radical (unpaired) electrons. The number of carbonyl (C=O) groups excluding carboxylic acids is 1. The van der Waals surface area contributed by atoms with E-state index in [1.54, 1.807) is 6.08 Å². The van der Waals surface area contributed by atoms with Crippen molar-refractivity contribution >= 4 is 6.29 Å².